The molecule has 0 aliphatic heterocycles. The van der Waals surface area contributed by atoms with Gasteiger partial charge in [-0.05, 0) is 11.6 Å². The first-order valence-corrected chi connectivity index (χ1v) is 3.40. The first-order chi connectivity index (χ1) is 5.07. The molecule has 0 aliphatic carbocycles. The molecular formula is C4Cl3F5. The molecular weight excluding hydrogens is 249 g/mol. The van der Waals surface area contributed by atoms with Gasteiger partial charge in [-0.15, -0.1) is 0 Å². The van der Waals surface area contributed by atoms with Crippen molar-refractivity contribution in [2.75, 3.05) is 0 Å². The monoisotopic (exact) mass is 248 g/mol. The van der Waals surface area contributed by atoms with Gasteiger partial charge in [0.25, 0.3) is 0 Å². The molecule has 0 rings (SSSR count). The van der Waals surface area contributed by atoms with Gasteiger partial charge in [0.2, 0.25) is 0 Å². The Hall–Kier alpha value is 0.260. The summed E-state index contributed by atoms with van der Waals surface area (Å²) >= 11 is 13.2. The van der Waals surface area contributed by atoms with Crippen LogP contribution in [-0.2, 0) is 0 Å². The van der Waals surface area contributed by atoms with E-state index in [4.69, 9.17) is 0 Å². The third-order valence-corrected chi connectivity index (χ3v) is 1.90. The molecule has 8 heteroatoms. The van der Waals surface area contributed by atoms with Gasteiger partial charge in [0.05, 0.1) is 0 Å². The molecule has 0 saturated heterocycles. The predicted molar refractivity (Wildman–Crippen MR) is 35.6 cm³/mol. The van der Waals surface area contributed by atoms with Gasteiger partial charge >= 0.3 is 11.6 Å². The molecule has 0 radical (unpaired) electrons. The van der Waals surface area contributed by atoms with Crippen molar-refractivity contribution in [2.45, 2.75) is 11.6 Å². The Labute approximate surface area is 78.9 Å². The van der Waals surface area contributed by atoms with E-state index in [0.29, 0.717) is 0 Å². The molecule has 0 atom stereocenters. The van der Waals surface area contributed by atoms with Crippen LogP contribution in [0, 0.1) is 0 Å². The Bertz CT molecular complexity index is 178. The molecule has 0 bridgehead atoms. The fourth-order valence-electron chi connectivity index (χ4n) is 0.249. The summed E-state index contributed by atoms with van der Waals surface area (Å²) in [6.07, 6.45) is -5.11. The lowest BCUT2D eigenvalue weighted by Crippen LogP contribution is -2.15. The van der Waals surface area contributed by atoms with Crippen LogP contribution < -0.4 is 0 Å². The quantitative estimate of drug-likeness (QED) is 0.485. The van der Waals surface area contributed by atoms with Gasteiger partial charge in [0.1, 0.15) is 10.1 Å². The Kier molecular flexibility index (Phi) is 3.63. The van der Waals surface area contributed by atoms with E-state index in [-0.39, 0.29) is 0 Å². The second-order valence-corrected chi connectivity index (χ2v) is 2.85. The lowest BCUT2D eigenvalue weighted by Gasteiger charge is -2.10. The van der Waals surface area contributed by atoms with Crippen molar-refractivity contribution in [3.63, 3.8) is 0 Å². The van der Waals surface area contributed by atoms with E-state index in [2.05, 4.69) is 34.8 Å². The van der Waals surface area contributed by atoms with Gasteiger partial charge in [-0.3, -0.25) is 0 Å². The summed E-state index contributed by atoms with van der Waals surface area (Å²) in [6, 6.07) is 0. The van der Waals surface area contributed by atoms with Crippen molar-refractivity contribution < 1.29 is 22.0 Å². The van der Waals surface area contributed by atoms with Crippen LogP contribution in [0.2, 0.25) is 0 Å². The molecule has 0 spiro atoms. The molecule has 0 aromatic rings. The van der Waals surface area contributed by atoms with E-state index < -0.39 is 21.6 Å². The molecule has 12 heavy (non-hydrogen) atoms. The molecule has 72 valence electrons. The van der Waals surface area contributed by atoms with Crippen LogP contribution in [0.1, 0.15) is 0 Å². The van der Waals surface area contributed by atoms with Crippen LogP contribution in [0.4, 0.5) is 22.0 Å². The molecule has 0 aliphatic rings. The number of hydrogen-bond acceptors (Lipinski definition) is 0. The average Bonchev–Trinajstić information content (AvgIpc) is 1.80. The zero-order valence-corrected chi connectivity index (χ0v) is 7.29. The molecule has 0 aromatic carbocycles. The van der Waals surface area contributed by atoms with E-state index >= 15 is 0 Å². The average molecular weight is 249 g/mol. The van der Waals surface area contributed by atoms with E-state index in [1.165, 1.54) is 0 Å². The van der Waals surface area contributed by atoms with Crippen LogP contribution in [0.3, 0.4) is 0 Å². The van der Waals surface area contributed by atoms with E-state index in [1.54, 1.807) is 0 Å². The van der Waals surface area contributed by atoms with Crippen molar-refractivity contribution in [3.8, 4) is 0 Å². The summed E-state index contributed by atoms with van der Waals surface area (Å²) in [5, 5.41) is -8.35. The Morgan fingerprint density at radius 1 is 0.833 bits per heavy atom. The first-order valence-electron chi connectivity index (χ1n) is 2.26. The fourth-order valence-corrected chi connectivity index (χ4v) is 0.618. The molecule has 0 unspecified atom stereocenters. The standard InChI is InChI=1S/C4Cl3F5/c5-1(3(7,8)9)2(6)4(10,11)12. The lowest BCUT2D eigenvalue weighted by molar-refractivity contribution is -0.0862. The van der Waals surface area contributed by atoms with Crippen molar-refractivity contribution in [3.05, 3.63) is 10.1 Å². The zero-order chi connectivity index (χ0) is 10.2. The molecule has 0 aromatic heterocycles. The van der Waals surface area contributed by atoms with E-state index in [9.17, 15) is 22.0 Å². The third-order valence-electron chi connectivity index (χ3n) is 0.690. The zero-order valence-electron chi connectivity index (χ0n) is 5.02. The summed E-state index contributed by atoms with van der Waals surface area (Å²) in [7, 11) is 0. The Morgan fingerprint density at radius 2 is 1.17 bits per heavy atom. The second kappa shape index (κ2) is 3.55. The predicted octanol–water partition coefficient (Wildman–Crippen LogP) is 4.07. The van der Waals surface area contributed by atoms with Gasteiger partial charge in [0, 0.05) is 0 Å². The van der Waals surface area contributed by atoms with Crippen molar-refractivity contribution >= 4 is 34.8 Å². The summed E-state index contributed by atoms with van der Waals surface area (Å²) in [6.45, 7) is 0. The second-order valence-electron chi connectivity index (χ2n) is 1.62. The van der Waals surface area contributed by atoms with Gasteiger partial charge in [-0.25, -0.2) is 0 Å². The highest BCUT2D eigenvalue weighted by Gasteiger charge is 2.42. The van der Waals surface area contributed by atoms with E-state index in [0.717, 1.165) is 0 Å². The SMILES string of the molecule is FC(F)(F)C(Cl)=C(Cl)C(F)(F)Cl. The minimum Gasteiger partial charge on any atom is -0.182 e. The number of hydrogen-bond donors (Lipinski definition) is 0. The van der Waals surface area contributed by atoms with Crippen molar-refractivity contribution in [1.82, 2.24) is 0 Å². The fraction of sp³-hybridized carbons (Fsp3) is 0.500. The Morgan fingerprint density at radius 3 is 1.25 bits per heavy atom. The van der Waals surface area contributed by atoms with Crippen LogP contribution in [0.5, 0.6) is 0 Å². The summed E-state index contributed by atoms with van der Waals surface area (Å²) in [4.78, 5) is 0. The maximum atomic E-state index is 11.9. The number of halogens is 8. The molecule has 0 N–H and O–H groups in total. The maximum absolute atomic E-state index is 11.9. The third kappa shape index (κ3) is 3.33. The summed E-state index contributed by atoms with van der Waals surface area (Å²) < 4.78 is 58.5. The minimum absolute atomic E-state index is 1.93. The Balaban J connectivity index is 4.96. The van der Waals surface area contributed by atoms with Crippen LogP contribution in [0.15, 0.2) is 10.1 Å². The largest absolute Gasteiger partial charge is 0.428 e. The minimum atomic E-state index is -5.11. The molecule has 0 saturated carbocycles. The number of rotatable bonds is 1. The van der Waals surface area contributed by atoms with Crippen LogP contribution >= 0.6 is 34.8 Å². The smallest absolute Gasteiger partial charge is 0.182 e. The summed E-state index contributed by atoms with van der Waals surface area (Å²) in [5.41, 5.74) is 0. The molecule has 0 amide bonds. The van der Waals surface area contributed by atoms with Gasteiger partial charge < -0.3 is 0 Å². The lowest BCUT2D eigenvalue weighted by atomic mass is 10.5. The normalized spacial score (nSPS) is 16.0. The van der Waals surface area contributed by atoms with Crippen molar-refractivity contribution in [2.24, 2.45) is 0 Å². The first kappa shape index (κ1) is 12.3. The van der Waals surface area contributed by atoms with Crippen molar-refractivity contribution in [1.29, 1.82) is 0 Å². The van der Waals surface area contributed by atoms with Crippen LogP contribution in [0.25, 0.3) is 0 Å². The van der Waals surface area contributed by atoms with E-state index in [1.807, 2.05) is 0 Å². The number of allylic oxidation sites excluding steroid dienone is 2. The molecule has 0 heterocycles. The highest BCUT2D eigenvalue weighted by molar-refractivity contribution is 6.44. The van der Waals surface area contributed by atoms with Crippen LogP contribution in [-0.4, -0.2) is 11.6 Å². The number of alkyl halides is 6. The van der Waals surface area contributed by atoms with Gasteiger partial charge in [-0.1, -0.05) is 23.2 Å². The molecule has 0 fully saturated rings. The molecule has 0 nitrogen and oxygen atoms in total. The highest BCUT2D eigenvalue weighted by atomic mass is 35.5. The van der Waals surface area contributed by atoms with Gasteiger partial charge in [-0.2, -0.15) is 22.0 Å². The summed E-state index contributed by atoms with van der Waals surface area (Å²) in [5.74, 6) is 0. The maximum Gasteiger partial charge on any atom is 0.428 e. The highest BCUT2D eigenvalue weighted by Crippen LogP contribution is 2.41. The van der Waals surface area contributed by atoms with Gasteiger partial charge in [0.15, 0.2) is 0 Å². The topological polar surface area (TPSA) is 0 Å².